The van der Waals surface area contributed by atoms with Crippen molar-refractivity contribution in [2.24, 2.45) is 0 Å². The molecule has 0 aliphatic carbocycles. The molecule has 0 spiro atoms. The van der Waals surface area contributed by atoms with Crippen LogP contribution in [0.25, 0.3) is 0 Å². The van der Waals surface area contributed by atoms with Crippen molar-refractivity contribution < 1.29 is 14.3 Å². The molecule has 3 N–H and O–H groups in total. The molecule has 1 atom stereocenters. The SMILES string of the molecule is COc1ccccc1O[C@@H](C)C(=O)Nc1cccc(N)c1C. The first-order chi connectivity index (χ1) is 10.5. The van der Waals surface area contributed by atoms with Crippen molar-refractivity contribution in [3.63, 3.8) is 0 Å². The van der Waals surface area contributed by atoms with Crippen LogP contribution in [0.5, 0.6) is 11.5 Å². The van der Waals surface area contributed by atoms with Crippen LogP contribution in [0, 0.1) is 6.92 Å². The lowest BCUT2D eigenvalue weighted by Crippen LogP contribution is -2.30. The lowest BCUT2D eigenvalue weighted by molar-refractivity contribution is -0.122. The minimum absolute atomic E-state index is 0.250. The van der Waals surface area contributed by atoms with E-state index in [0.717, 1.165) is 5.56 Å². The molecule has 0 unspecified atom stereocenters. The van der Waals surface area contributed by atoms with Gasteiger partial charge in [-0.2, -0.15) is 0 Å². The van der Waals surface area contributed by atoms with E-state index in [9.17, 15) is 4.79 Å². The smallest absolute Gasteiger partial charge is 0.265 e. The number of methoxy groups -OCH3 is 1. The van der Waals surface area contributed by atoms with Gasteiger partial charge in [0.2, 0.25) is 0 Å². The number of carbonyl (C=O) groups is 1. The number of ether oxygens (including phenoxy) is 2. The molecular weight excluding hydrogens is 280 g/mol. The highest BCUT2D eigenvalue weighted by atomic mass is 16.5. The van der Waals surface area contributed by atoms with E-state index in [-0.39, 0.29) is 5.91 Å². The van der Waals surface area contributed by atoms with E-state index in [1.165, 1.54) is 0 Å². The van der Waals surface area contributed by atoms with Crippen molar-refractivity contribution in [1.29, 1.82) is 0 Å². The monoisotopic (exact) mass is 300 g/mol. The summed E-state index contributed by atoms with van der Waals surface area (Å²) in [5.41, 5.74) is 7.98. The highest BCUT2D eigenvalue weighted by Crippen LogP contribution is 2.27. The van der Waals surface area contributed by atoms with Crippen molar-refractivity contribution in [2.45, 2.75) is 20.0 Å². The molecule has 0 saturated heterocycles. The molecule has 0 heterocycles. The molecule has 0 bridgehead atoms. The standard InChI is InChI=1S/C17H20N2O3/c1-11-13(18)7-6-8-14(11)19-17(20)12(2)22-16-10-5-4-9-15(16)21-3/h4-10,12H,18H2,1-3H3,(H,19,20)/t12-/m0/s1. The summed E-state index contributed by atoms with van der Waals surface area (Å²) in [5, 5.41) is 2.82. The molecule has 22 heavy (non-hydrogen) atoms. The van der Waals surface area contributed by atoms with Crippen LogP contribution in [0.3, 0.4) is 0 Å². The van der Waals surface area contributed by atoms with Gasteiger partial charge in [0.05, 0.1) is 7.11 Å². The predicted octanol–water partition coefficient (Wildman–Crippen LogP) is 2.99. The van der Waals surface area contributed by atoms with E-state index in [0.29, 0.717) is 22.9 Å². The molecule has 116 valence electrons. The van der Waals surface area contributed by atoms with Gasteiger partial charge in [-0.15, -0.1) is 0 Å². The average molecular weight is 300 g/mol. The number of benzene rings is 2. The summed E-state index contributed by atoms with van der Waals surface area (Å²) in [5.74, 6) is 0.860. The van der Waals surface area contributed by atoms with Crippen molar-refractivity contribution in [3.8, 4) is 11.5 Å². The second-order valence-corrected chi connectivity index (χ2v) is 4.92. The minimum Gasteiger partial charge on any atom is -0.493 e. The molecule has 2 aromatic rings. The summed E-state index contributed by atoms with van der Waals surface area (Å²) >= 11 is 0. The van der Waals surface area contributed by atoms with Crippen LogP contribution in [0.1, 0.15) is 12.5 Å². The lowest BCUT2D eigenvalue weighted by Gasteiger charge is -2.17. The van der Waals surface area contributed by atoms with E-state index in [1.54, 1.807) is 44.4 Å². The lowest BCUT2D eigenvalue weighted by atomic mass is 10.1. The van der Waals surface area contributed by atoms with Gasteiger partial charge in [-0.05, 0) is 43.7 Å². The van der Waals surface area contributed by atoms with Crippen LogP contribution in [-0.2, 0) is 4.79 Å². The first kappa shape index (κ1) is 15.7. The Morgan fingerprint density at radius 1 is 1.14 bits per heavy atom. The number of hydrogen-bond acceptors (Lipinski definition) is 4. The molecule has 0 aliphatic rings. The Kier molecular flexibility index (Phi) is 4.88. The fraction of sp³-hybridized carbons (Fsp3) is 0.235. The highest BCUT2D eigenvalue weighted by molar-refractivity contribution is 5.95. The Hall–Kier alpha value is -2.69. The number of hydrogen-bond donors (Lipinski definition) is 2. The third kappa shape index (κ3) is 3.49. The topological polar surface area (TPSA) is 73.6 Å². The van der Waals surface area contributed by atoms with Gasteiger partial charge in [-0.3, -0.25) is 4.79 Å². The summed E-state index contributed by atoms with van der Waals surface area (Å²) < 4.78 is 10.9. The van der Waals surface area contributed by atoms with Crippen LogP contribution in [0.15, 0.2) is 42.5 Å². The maximum atomic E-state index is 12.3. The molecule has 5 nitrogen and oxygen atoms in total. The number of amides is 1. The van der Waals surface area contributed by atoms with Gasteiger partial charge in [0.15, 0.2) is 17.6 Å². The zero-order chi connectivity index (χ0) is 16.1. The number of rotatable bonds is 5. The van der Waals surface area contributed by atoms with E-state index < -0.39 is 6.10 Å². The van der Waals surface area contributed by atoms with Crippen molar-refractivity contribution in [3.05, 3.63) is 48.0 Å². The first-order valence-corrected chi connectivity index (χ1v) is 6.98. The molecule has 0 fully saturated rings. The quantitative estimate of drug-likeness (QED) is 0.833. The molecule has 0 radical (unpaired) electrons. The second kappa shape index (κ2) is 6.85. The van der Waals surface area contributed by atoms with E-state index >= 15 is 0 Å². The van der Waals surface area contributed by atoms with Gasteiger partial charge >= 0.3 is 0 Å². The average Bonchev–Trinajstić information content (AvgIpc) is 2.52. The third-order valence-corrected chi connectivity index (χ3v) is 3.38. The molecule has 1 amide bonds. The Bertz CT molecular complexity index is 671. The fourth-order valence-electron chi connectivity index (χ4n) is 1.98. The van der Waals surface area contributed by atoms with Crippen LogP contribution < -0.4 is 20.5 Å². The summed E-state index contributed by atoms with van der Waals surface area (Å²) in [4.78, 5) is 12.3. The van der Waals surface area contributed by atoms with Gasteiger partial charge in [0.25, 0.3) is 5.91 Å². The summed E-state index contributed by atoms with van der Waals surface area (Å²) in [6, 6.07) is 12.6. The van der Waals surface area contributed by atoms with Crippen LogP contribution >= 0.6 is 0 Å². The molecule has 0 aromatic heterocycles. The molecular formula is C17H20N2O3. The number of nitrogens with one attached hydrogen (secondary N) is 1. The van der Waals surface area contributed by atoms with Crippen LogP contribution in [0.2, 0.25) is 0 Å². The number of carbonyl (C=O) groups excluding carboxylic acids is 1. The molecule has 2 aromatic carbocycles. The zero-order valence-electron chi connectivity index (χ0n) is 12.9. The van der Waals surface area contributed by atoms with E-state index in [2.05, 4.69) is 5.32 Å². The first-order valence-electron chi connectivity index (χ1n) is 6.98. The zero-order valence-corrected chi connectivity index (χ0v) is 12.9. The maximum absolute atomic E-state index is 12.3. The molecule has 2 rings (SSSR count). The van der Waals surface area contributed by atoms with Gasteiger partial charge in [0, 0.05) is 11.4 Å². The molecule has 0 saturated carbocycles. The Morgan fingerprint density at radius 3 is 2.50 bits per heavy atom. The van der Waals surface area contributed by atoms with Gasteiger partial charge < -0.3 is 20.5 Å². The van der Waals surface area contributed by atoms with Crippen molar-refractivity contribution in [2.75, 3.05) is 18.2 Å². The van der Waals surface area contributed by atoms with Gasteiger partial charge in [-0.25, -0.2) is 0 Å². The summed E-state index contributed by atoms with van der Waals surface area (Å²) in [6.07, 6.45) is -0.669. The number of nitrogens with two attached hydrogens (primary N) is 1. The molecule has 5 heteroatoms. The predicted molar refractivity (Wildman–Crippen MR) is 87.3 cm³/mol. The van der Waals surface area contributed by atoms with Gasteiger partial charge in [-0.1, -0.05) is 18.2 Å². The highest BCUT2D eigenvalue weighted by Gasteiger charge is 2.17. The Labute approximate surface area is 130 Å². The molecule has 0 aliphatic heterocycles. The van der Waals surface area contributed by atoms with Gasteiger partial charge in [0.1, 0.15) is 0 Å². The minimum atomic E-state index is -0.669. The number of anilines is 2. The number of para-hydroxylation sites is 2. The Morgan fingerprint density at radius 2 is 1.82 bits per heavy atom. The largest absolute Gasteiger partial charge is 0.493 e. The normalized spacial score (nSPS) is 11.6. The van der Waals surface area contributed by atoms with E-state index in [4.69, 9.17) is 15.2 Å². The van der Waals surface area contributed by atoms with E-state index in [1.807, 2.05) is 19.1 Å². The second-order valence-electron chi connectivity index (χ2n) is 4.92. The third-order valence-electron chi connectivity index (χ3n) is 3.38. The number of nitrogen functional groups attached to an aromatic ring is 1. The van der Waals surface area contributed by atoms with Crippen molar-refractivity contribution >= 4 is 17.3 Å². The summed E-state index contributed by atoms with van der Waals surface area (Å²) in [7, 11) is 1.56. The maximum Gasteiger partial charge on any atom is 0.265 e. The summed E-state index contributed by atoms with van der Waals surface area (Å²) in [6.45, 7) is 3.54. The van der Waals surface area contributed by atoms with Crippen LogP contribution in [-0.4, -0.2) is 19.1 Å². The van der Waals surface area contributed by atoms with Crippen LogP contribution in [0.4, 0.5) is 11.4 Å². The Balaban J connectivity index is 2.08. The fourth-order valence-corrected chi connectivity index (χ4v) is 1.98. The van der Waals surface area contributed by atoms with Crippen molar-refractivity contribution in [1.82, 2.24) is 0 Å².